The van der Waals surface area contributed by atoms with Gasteiger partial charge in [-0.2, -0.15) is 0 Å². The Kier molecular flexibility index (Phi) is 5.54. The van der Waals surface area contributed by atoms with Crippen molar-refractivity contribution in [3.05, 3.63) is 88.7 Å². The second kappa shape index (κ2) is 8.02. The molecule has 0 aliphatic rings. The SMILES string of the molecule is Cc1ccc(NC(=O)c2ccc(NC(C)c3ccccc3)cn2)cc1Cl. The van der Waals surface area contributed by atoms with Gasteiger partial charge in [0.25, 0.3) is 5.91 Å². The summed E-state index contributed by atoms with van der Waals surface area (Å²) < 4.78 is 0. The average Bonchev–Trinajstić information content (AvgIpc) is 2.66. The highest BCUT2D eigenvalue weighted by Gasteiger charge is 2.10. The molecule has 0 saturated carbocycles. The first kappa shape index (κ1) is 18.0. The summed E-state index contributed by atoms with van der Waals surface area (Å²) in [5, 5.41) is 6.80. The third-order valence-corrected chi connectivity index (χ3v) is 4.52. The fraction of sp³-hybridized carbons (Fsp3) is 0.143. The number of carbonyl (C=O) groups excluding carboxylic acids is 1. The van der Waals surface area contributed by atoms with Crippen LogP contribution in [0.3, 0.4) is 0 Å². The summed E-state index contributed by atoms with van der Waals surface area (Å²) in [6.45, 7) is 3.99. The minimum absolute atomic E-state index is 0.146. The van der Waals surface area contributed by atoms with Gasteiger partial charge in [-0.1, -0.05) is 48.0 Å². The van der Waals surface area contributed by atoms with Crippen LogP contribution in [0.1, 0.15) is 34.6 Å². The molecule has 0 aliphatic heterocycles. The van der Waals surface area contributed by atoms with Crippen LogP contribution in [-0.2, 0) is 0 Å². The van der Waals surface area contributed by atoms with Gasteiger partial charge in [-0.15, -0.1) is 0 Å². The van der Waals surface area contributed by atoms with Gasteiger partial charge in [0.1, 0.15) is 5.69 Å². The van der Waals surface area contributed by atoms with Crippen molar-refractivity contribution in [2.45, 2.75) is 19.9 Å². The summed E-state index contributed by atoms with van der Waals surface area (Å²) in [5.74, 6) is -0.271. The fourth-order valence-electron chi connectivity index (χ4n) is 2.55. The Morgan fingerprint density at radius 2 is 1.77 bits per heavy atom. The summed E-state index contributed by atoms with van der Waals surface area (Å²) in [6, 6.07) is 19.3. The fourth-order valence-corrected chi connectivity index (χ4v) is 2.73. The van der Waals surface area contributed by atoms with Gasteiger partial charge in [-0.25, -0.2) is 4.98 Å². The zero-order valence-electron chi connectivity index (χ0n) is 14.7. The van der Waals surface area contributed by atoms with Gasteiger partial charge >= 0.3 is 0 Å². The molecular weight excluding hydrogens is 346 g/mol. The van der Waals surface area contributed by atoms with E-state index >= 15 is 0 Å². The number of nitrogens with one attached hydrogen (secondary N) is 2. The number of aryl methyl sites for hydroxylation is 1. The minimum atomic E-state index is -0.271. The van der Waals surface area contributed by atoms with Gasteiger partial charge in [0.05, 0.1) is 11.9 Å². The van der Waals surface area contributed by atoms with Crippen molar-refractivity contribution in [3.8, 4) is 0 Å². The predicted molar refractivity (Wildman–Crippen MR) is 107 cm³/mol. The number of anilines is 2. The van der Waals surface area contributed by atoms with Crippen LogP contribution in [0.25, 0.3) is 0 Å². The molecule has 0 spiro atoms. The molecule has 1 amide bonds. The molecule has 1 atom stereocenters. The van der Waals surface area contributed by atoms with Crippen LogP contribution in [-0.4, -0.2) is 10.9 Å². The van der Waals surface area contributed by atoms with Gasteiger partial charge in [0.2, 0.25) is 0 Å². The van der Waals surface area contributed by atoms with Crippen molar-refractivity contribution < 1.29 is 4.79 Å². The molecule has 1 unspecified atom stereocenters. The Morgan fingerprint density at radius 1 is 1.04 bits per heavy atom. The smallest absolute Gasteiger partial charge is 0.274 e. The molecule has 0 aliphatic carbocycles. The van der Waals surface area contributed by atoms with Crippen LogP contribution in [0.15, 0.2) is 66.9 Å². The number of rotatable bonds is 5. The van der Waals surface area contributed by atoms with Gasteiger partial charge in [-0.3, -0.25) is 4.79 Å². The van der Waals surface area contributed by atoms with E-state index in [1.807, 2.05) is 43.3 Å². The molecule has 0 saturated heterocycles. The summed E-state index contributed by atoms with van der Waals surface area (Å²) in [4.78, 5) is 16.6. The first-order valence-corrected chi connectivity index (χ1v) is 8.76. The van der Waals surface area contributed by atoms with Crippen molar-refractivity contribution >= 4 is 28.9 Å². The van der Waals surface area contributed by atoms with Crippen LogP contribution in [0.5, 0.6) is 0 Å². The molecule has 0 fully saturated rings. The number of carbonyl (C=O) groups is 1. The monoisotopic (exact) mass is 365 g/mol. The molecular formula is C21H20ClN3O. The Labute approximate surface area is 158 Å². The van der Waals surface area contributed by atoms with E-state index in [1.54, 1.807) is 18.3 Å². The summed E-state index contributed by atoms with van der Waals surface area (Å²) in [6.07, 6.45) is 1.66. The Hall–Kier alpha value is -2.85. The molecule has 2 N–H and O–H groups in total. The number of amides is 1. The zero-order valence-corrected chi connectivity index (χ0v) is 15.4. The topological polar surface area (TPSA) is 54.0 Å². The van der Waals surface area contributed by atoms with E-state index in [0.29, 0.717) is 16.4 Å². The maximum atomic E-state index is 12.3. The standard InChI is InChI=1S/C21H20ClN3O/c1-14-8-9-17(12-19(14)22)25-21(26)20-11-10-18(13-23-20)24-15(2)16-6-4-3-5-7-16/h3-13,15,24H,1-2H3,(H,25,26). The third kappa shape index (κ3) is 4.41. The second-order valence-corrected chi connectivity index (χ2v) is 6.53. The largest absolute Gasteiger partial charge is 0.377 e. The summed E-state index contributed by atoms with van der Waals surface area (Å²) in [7, 11) is 0. The van der Waals surface area contributed by atoms with E-state index in [4.69, 9.17) is 11.6 Å². The van der Waals surface area contributed by atoms with Crippen LogP contribution in [0.4, 0.5) is 11.4 Å². The Bertz CT molecular complexity index is 895. The number of benzene rings is 2. The molecule has 4 nitrogen and oxygen atoms in total. The normalized spacial score (nSPS) is 11.7. The van der Waals surface area contributed by atoms with Gasteiger partial charge in [-0.05, 0) is 49.2 Å². The number of halogens is 1. The molecule has 5 heteroatoms. The number of pyridine rings is 1. The molecule has 1 aromatic heterocycles. The predicted octanol–water partition coefficient (Wildman–Crippen LogP) is 5.47. The number of hydrogen-bond acceptors (Lipinski definition) is 3. The molecule has 3 aromatic rings. The van der Waals surface area contributed by atoms with Gasteiger partial charge < -0.3 is 10.6 Å². The van der Waals surface area contributed by atoms with Crippen molar-refractivity contribution in [1.82, 2.24) is 4.98 Å². The maximum absolute atomic E-state index is 12.3. The molecule has 0 bridgehead atoms. The van der Waals surface area contributed by atoms with Crippen LogP contribution in [0.2, 0.25) is 5.02 Å². The molecule has 1 heterocycles. The van der Waals surface area contributed by atoms with Crippen LogP contribution >= 0.6 is 11.6 Å². The van der Waals surface area contributed by atoms with Crippen LogP contribution in [0, 0.1) is 6.92 Å². The lowest BCUT2D eigenvalue weighted by Gasteiger charge is -2.15. The third-order valence-electron chi connectivity index (χ3n) is 4.11. The molecule has 132 valence electrons. The van der Waals surface area contributed by atoms with Crippen molar-refractivity contribution in [2.24, 2.45) is 0 Å². The number of aromatic nitrogens is 1. The molecule has 3 rings (SSSR count). The lowest BCUT2D eigenvalue weighted by atomic mass is 10.1. The van der Waals surface area contributed by atoms with E-state index in [1.165, 1.54) is 5.56 Å². The molecule has 26 heavy (non-hydrogen) atoms. The van der Waals surface area contributed by atoms with E-state index in [0.717, 1.165) is 11.3 Å². The highest BCUT2D eigenvalue weighted by Crippen LogP contribution is 2.21. The lowest BCUT2D eigenvalue weighted by Crippen LogP contribution is -2.14. The number of hydrogen-bond donors (Lipinski definition) is 2. The first-order valence-electron chi connectivity index (χ1n) is 8.38. The maximum Gasteiger partial charge on any atom is 0.274 e. The van der Waals surface area contributed by atoms with Crippen LogP contribution < -0.4 is 10.6 Å². The first-order chi connectivity index (χ1) is 12.5. The Morgan fingerprint density at radius 3 is 2.42 bits per heavy atom. The van der Waals surface area contributed by atoms with Crippen molar-refractivity contribution in [2.75, 3.05) is 10.6 Å². The van der Waals surface area contributed by atoms with Crippen molar-refractivity contribution in [3.63, 3.8) is 0 Å². The van der Waals surface area contributed by atoms with E-state index in [9.17, 15) is 4.79 Å². The quantitative estimate of drug-likeness (QED) is 0.630. The van der Waals surface area contributed by atoms with Gasteiger partial charge in [0, 0.05) is 16.8 Å². The second-order valence-electron chi connectivity index (χ2n) is 6.13. The Balaban J connectivity index is 1.65. The van der Waals surface area contributed by atoms with E-state index in [2.05, 4.69) is 34.7 Å². The highest BCUT2D eigenvalue weighted by atomic mass is 35.5. The van der Waals surface area contributed by atoms with Crippen molar-refractivity contribution in [1.29, 1.82) is 0 Å². The lowest BCUT2D eigenvalue weighted by molar-refractivity contribution is 0.102. The zero-order chi connectivity index (χ0) is 18.5. The van der Waals surface area contributed by atoms with E-state index < -0.39 is 0 Å². The average molecular weight is 366 g/mol. The summed E-state index contributed by atoms with van der Waals surface area (Å²) >= 11 is 6.09. The minimum Gasteiger partial charge on any atom is -0.377 e. The highest BCUT2D eigenvalue weighted by molar-refractivity contribution is 6.31. The molecule has 2 aromatic carbocycles. The summed E-state index contributed by atoms with van der Waals surface area (Å²) in [5.41, 5.74) is 4.00. The number of nitrogens with zero attached hydrogens (tertiary/aromatic N) is 1. The van der Waals surface area contributed by atoms with Gasteiger partial charge in [0.15, 0.2) is 0 Å². The van der Waals surface area contributed by atoms with E-state index in [-0.39, 0.29) is 11.9 Å². The molecule has 0 radical (unpaired) electrons.